The third kappa shape index (κ3) is 5.20. The molecule has 36 heavy (non-hydrogen) atoms. The number of hydrogen-bond donors (Lipinski definition) is 2. The first-order valence-electron chi connectivity index (χ1n) is 11.5. The molecule has 2 aromatic carbocycles. The summed E-state index contributed by atoms with van der Waals surface area (Å²) in [5.74, 6) is 0.633. The zero-order valence-corrected chi connectivity index (χ0v) is 21.9. The van der Waals surface area contributed by atoms with Crippen LogP contribution in [0, 0.1) is 0 Å². The van der Waals surface area contributed by atoms with Crippen molar-refractivity contribution in [2.24, 2.45) is 0 Å². The zero-order valence-electron chi connectivity index (χ0n) is 21.0. The van der Waals surface area contributed by atoms with Gasteiger partial charge in [-0.2, -0.15) is 0 Å². The second kappa shape index (κ2) is 9.52. The number of hydrogen-bond acceptors (Lipinski definition) is 6. The highest BCUT2D eigenvalue weighted by Crippen LogP contribution is 2.42. The summed E-state index contributed by atoms with van der Waals surface area (Å²) in [4.78, 5) is 17.8. The van der Waals surface area contributed by atoms with E-state index in [-0.39, 0.29) is 24.2 Å². The summed E-state index contributed by atoms with van der Waals surface area (Å²) in [7, 11) is -1.74. The largest absolute Gasteiger partial charge is 0.496 e. The van der Waals surface area contributed by atoms with Crippen molar-refractivity contribution >= 4 is 38.0 Å². The summed E-state index contributed by atoms with van der Waals surface area (Å²) in [5.41, 5.74) is 5.46. The number of nitrogens with one attached hydrogen (secondary N) is 1. The van der Waals surface area contributed by atoms with Crippen LogP contribution in [0.5, 0.6) is 5.75 Å². The summed E-state index contributed by atoms with van der Waals surface area (Å²) < 4.78 is 31.4. The van der Waals surface area contributed by atoms with Crippen LogP contribution in [-0.4, -0.2) is 44.3 Å². The van der Waals surface area contributed by atoms with Crippen LogP contribution in [0.25, 0.3) is 27.6 Å². The van der Waals surface area contributed by atoms with Crippen LogP contribution in [0.3, 0.4) is 0 Å². The maximum Gasteiger partial charge on any atom is 0.229 e. The molecule has 0 spiro atoms. The Morgan fingerprint density at radius 3 is 2.33 bits per heavy atom. The number of aliphatic hydroxyl groups is 1. The average molecular weight is 507 g/mol. The molecule has 0 radical (unpaired) electrons. The normalized spacial score (nSPS) is 14.4. The van der Waals surface area contributed by atoms with E-state index in [2.05, 4.69) is 25.5 Å². The number of aromatic nitrogens is 1. The van der Waals surface area contributed by atoms with Gasteiger partial charge in [0.2, 0.25) is 10.0 Å². The summed E-state index contributed by atoms with van der Waals surface area (Å²) in [6.07, 6.45) is 6.58. The summed E-state index contributed by atoms with van der Waals surface area (Å²) in [6.45, 7) is 6.12. The molecule has 2 N–H and O–H groups in total. The molecule has 0 atom stereocenters. The maximum absolute atomic E-state index is 13.0. The highest BCUT2D eigenvalue weighted by Gasteiger charge is 2.27. The van der Waals surface area contributed by atoms with E-state index in [0.717, 1.165) is 33.9 Å². The Labute approximate surface area is 211 Å². The van der Waals surface area contributed by atoms with Crippen molar-refractivity contribution in [3.8, 4) is 16.9 Å². The number of fused-ring (bicyclic) bond motifs is 1. The van der Waals surface area contributed by atoms with Crippen molar-refractivity contribution < 1.29 is 23.1 Å². The van der Waals surface area contributed by atoms with Gasteiger partial charge in [0.15, 0.2) is 5.78 Å². The number of sulfonamides is 1. The van der Waals surface area contributed by atoms with Gasteiger partial charge in [0.25, 0.3) is 0 Å². The van der Waals surface area contributed by atoms with Crippen LogP contribution in [-0.2, 0) is 20.2 Å². The minimum absolute atomic E-state index is 0.0623. The molecule has 1 aliphatic carbocycles. The number of carbonyl (C=O) groups excluding carboxylic acids is 1. The Bertz CT molecular complexity index is 1510. The van der Waals surface area contributed by atoms with Crippen molar-refractivity contribution in [2.75, 3.05) is 24.7 Å². The Balaban J connectivity index is 1.93. The van der Waals surface area contributed by atoms with E-state index in [1.807, 2.05) is 24.3 Å². The number of ether oxygens (including phenoxy) is 1. The monoisotopic (exact) mass is 506 g/mol. The van der Waals surface area contributed by atoms with Crippen molar-refractivity contribution in [3.63, 3.8) is 0 Å². The molecule has 3 aromatic rings. The van der Waals surface area contributed by atoms with Crippen molar-refractivity contribution in [1.82, 2.24) is 4.98 Å². The van der Waals surface area contributed by atoms with Gasteiger partial charge in [-0.3, -0.25) is 14.5 Å². The number of rotatable bonds is 6. The number of nitrogens with zero attached hydrogens (tertiary/aromatic N) is 1. The lowest BCUT2D eigenvalue weighted by Gasteiger charge is -2.26. The molecule has 0 unspecified atom stereocenters. The lowest BCUT2D eigenvalue weighted by molar-refractivity contribution is -0.113. The van der Waals surface area contributed by atoms with E-state index in [1.54, 1.807) is 37.6 Å². The van der Waals surface area contributed by atoms with Crippen LogP contribution < -0.4 is 9.46 Å². The minimum atomic E-state index is -3.37. The minimum Gasteiger partial charge on any atom is -0.496 e. The number of Topliss-reactive ketones (excluding diaryl/α,β-unsaturated/α-hetero) is 1. The Kier molecular flexibility index (Phi) is 6.77. The van der Waals surface area contributed by atoms with E-state index >= 15 is 0 Å². The highest BCUT2D eigenvalue weighted by molar-refractivity contribution is 7.92. The molecule has 0 amide bonds. The van der Waals surface area contributed by atoms with Crippen LogP contribution in [0.2, 0.25) is 0 Å². The Hall–Kier alpha value is -3.49. The van der Waals surface area contributed by atoms with Gasteiger partial charge < -0.3 is 9.84 Å². The Morgan fingerprint density at radius 1 is 1.08 bits per heavy atom. The van der Waals surface area contributed by atoms with Gasteiger partial charge in [0, 0.05) is 46.0 Å². The first-order valence-corrected chi connectivity index (χ1v) is 13.4. The number of anilines is 1. The molecule has 0 saturated carbocycles. The third-order valence-corrected chi connectivity index (χ3v) is 6.73. The molecular weight excluding hydrogens is 476 g/mol. The second-order valence-corrected chi connectivity index (χ2v) is 11.7. The fraction of sp³-hybridized carbons (Fsp3) is 0.286. The van der Waals surface area contributed by atoms with Crippen molar-refractivity contribution in [2.45, 2.75) is 32.6 Å². The summed E-state index contributed by atoms with van der Waals surface area (Å²) >= 11 is 0. The summed E-state index contributed by atoms with van der Waals surface area (Å²) in [6, 6.07) is 11.0. The van der Waals surface area contributed by atoms with E-state index < -0.39 is 10.0 Å². The molecule has 7 nitrogen and oxygen atoms in total. The lowest BCUT2D eigenvalue weighted by Crippen LogP contribution is -2.16. The first-order chi connectivity index (χ1) is 16.9. The van der Waals surface area contributed by atoms with Gasteiger partial charge in [0.05, 0.1) is 25.5 Å². The molecule has 4 rings (SSSR count). The third-order valence-electron chi connectivity index (χ3n) is 6.12. The highest BCUT2D eigenvalue weighted by atomic mass is 32.2. The molecule has 188 valence electrons. The summed E-state index contributed by atoms with van der Waals surface area (Å²) in [5, 5.41) is 10.2. The van der Waals surface area contributed by atoms with Gasteiger partial charge in [-0.15, -0.1) is 0 Å². The number of pyridine rings is 1. The van der Waals surface area contributed by atoms with Crippen LogP contribution in [0.1, 0.15) is 38.3 Å². The number of ketones is 1. The second-order valence-electron chi connectivity index (χ2n) is 9.99. The quantitative estimate of drug-likeness (QED) is 0.495. The fourth-order valence-electron chi connectivity index (χ4n) is 4.36. The van der Waals surface area contributed by atoms with E-state index in [9.17, 15) is 18.3 Å². The van der Waals surface area contributed by atoms with Gasteiger partial charge in [0.1, 0.15) is 5.75 Å². The van der Waals surface area contributed by atoms with Crippen LogP contribution >= 0.6 is 0 Å². The van der Waals surface area contributed by atoms with Gasteiger partial charge >= 0.3 is 0 Å². The fourth-order valence-corrected chi connectivity index (χ4v) is 4.93. The zero-order chi connectivity index (χ0) is 26.3. The predicted molar refractivity (Wildman–Crippen MR) is 144 cm³/mol. The SMILES string of the molecule is COc1c(C(C)(C)C)cc(C2=CC=C(CO)CC2=O)c2ncc(-c3ccc(NS(C)(=O)=O)cc3)cc12. The molecule has 8 heteroatoms. The lowest BCUT2D eigenvalue weighted by atomic mass is 9.81. The van der Waals surface area contributed by atoms with E-state index in [4.69, 9.17) is 9.72 Å². The van der Waals surface area contributed by atoms with Gasteiger partial charge in [-0.25, -0.2) is 8.42 Å². The topological polar surface area (TPSA) is 106 Å². The van der Waals surface area contributed by atoms with Gasteiger partial charge in [-0.1, -0.05) is 45.1 Å². The van der Waals surface area contributed by atoms with Crippen LogP contribution in [0.15, 0.2) is 60.3 Å². The first kappa shape index (κ1) is 25.6. The molecule has 1 heterocycles. The molecular formula is C28H30N2O5S. The maximum atomic E-state index is 13.0. The average Bonchev–Trinajstić information content (AvgIpc) is 2.81. The van der Waals surface area contributed by atoms with Crippen molar-refractivity contribution in [3.05, 3.63) is 71.4 Å². The number of methoxy groups -OCH3 is 1. The molecule has 0 bridgehead atoms. The molecule has 0 fully saturated rings. The number of aliphatic hydroxyl groups excluding tert-OH is 1. The smallest absolute Gasteiger partial charge is 0.229 e. The molecule has 1 aliphatic rings. The number of carbonyl (C=O) groups is 1. The van der Waals surface area contributed by atoms with E-state index in [1.165, 1.54) is 0 Å². The Morgan fingerprint density at radius 2 is 1.78 bits per heavy atom. The standard InChI is InChI=1S/C28H30N2O5S/c1-28(2,3)24-14-22(21-11-6-17(16-31)12-25(21)32)26-23(27(24)35-4)13-19(15-29-26)18-7-9-20(10-8-18)30-36(5,33)34/h6-11,13-15,30-31H,12,16H2,1-5H3. The van der Waals surface area contributed by atoms with E-state index in [0.29, 0.717) is 28.1 Å². The molecule has 1 aromatic heterocycles. The van der Waals surface area contributed by atoms with Gasteiger partial charge in [-0.05, 0) is 40.8 Å². The van der Waals surface area contributed by atoms with Crippen LogP contribution in [0.4, 0.5) is 5.69 Å². The number of allylic oxidation sites excluding steroid dienone is 3. The molecule has 0 aliphatic heterocycles. The van der Waals surface area contributed by atoms with Crippen molar-refractivity contribution in [1.29, 1.82) is 0 Å². The molecule has 0 saturated heterocycles. The number of benzene rings is 2. The predicted octanol–water partition coefficient (Wildman–Crippen LogP) is 4.85.